The molecule has 1 heterocycles. The fourth-order valence-electron chi connectivity index (χ4n) is 4.36. The minimum absolute atomic E-state index is 0.0381. The maximum atomic E-state index is 13.4. The number of amides is 1. The monoisotopic (exact) mass is 509 g/mol. The molecule has 4 rings (SSSR count). The fourth-order valence-corrected chi connectivity index (χ4v) is 5.95. The van der Waals surface area contributed by atoms with Crippen LogP contribution in [0.4, 0.5) is 13.2 Å². The van der Waals surface area contributed by atoms with Gasteiger partial charge in [0.15, 0.2) is 0 Å². The second kappa shape index (κ2) is 11.1. The van der Waals surface area contributed by atoms with Crippen LogP contribution in [-0.2, 0) is 28.5 Å². The molecule has 10 heteroatoms. The Morgan fingerprint density at radius 3 is 2.54 bits per heavy atom. The minimum atomic E-state index is -4.49. The molecule has 2 aromatic carbocycles. The highest BCUT2D eigenvalue weighted by Crippen LogP contribution is 2.36. The smallest absolute Gasteiger partial charge is 0.416 e. The quantitative estimate of drug-likeness (QED) is 0.556. The standard InChI is InChI=1S/C25H30F3N3O3S/c1-34-22-11-7-18(8-12-22)15-29-16-24(32)30-13-3-5-21(17-30)31(20-9-10-20)35(33)23-6-2-4-19(14-23)25(26,27)28/h2,4,6-8,11-12,14,20-21,29H,3,5,9-10,13,15-17H2,1H3. The van der Waals surface area contributed by atoms with Gasteiger partial charge in [0.2, 0.25) is 5.91 Å². The Morgan fingerprint density at radius 2 is 1.89 bits per heavy atom. The summed E-state index contributed by atoms with van der Waals surface area (Å²) in [6.07, 6.45) is -1.25. The van der Waals surface area contributed by atoms with Crippen LogP contribution in [0.15, 0.2) is 53.4 Å². The van der Waals surface area contributed by atoms with Gasteiger partial charge in [-0.05, 0) is 61.6 Å². The molecule has 0 aromatic heterocycles. The van der Waals surface area contributed by atoms with Gasteiger partial charge in [0.1, 0.15) is 16.7 Å². The molecule has 6 nitrogen and oxygen atoms in total. The molecule has 190 valence electrons. The Bertz CT molecular complexity index is 1040. The highest BCUT2D eigenvalue weighted by atomic mass is 32.2. The number of nitrogens with zero attached hydrogens (tertiary/aromatic N) is 2. The SMILES string of the molecule is COc1ccc(CNCC(=O)N2CCCC(N(C3CC3)S(=O)c3cccc(C(F)(F)F)c3)C2)cc1. The summed E-state index contributed by atoms with van der Waals surface area (Å²) < 4.78 is 59.9. The third kappa shape index (κ3) is 6.62. The summed E-state index contributed by atoms with van der Waals surface area (Å²) in [4.78, 5) is 14.8. The van der Waals surface area contributed by atoms with Crippen LogP contribution >= 0.6 is 0 Å². The van der Waals surface area contributed by atoms with Crippen LogP contribution in [0.1, 0.15) is 36.8 Å². The van der Waals surface area contributed by atoms with Gasteiger partial charge >= 0.3 is 6.18 Å². The molecule has 1 saturated heterocycles. The molecular weight excluding hydrogens is 479 g/mol. The number of methoxy groups -OCH3 is 1. The highest BCUT2D eigenvalue weighted by molar-refractivity contribution is 7.82. The average molecular weight is 510 g/mol. The minimum Gasteiger partial charge on any atom is -0.497 e. The second-order valence-electron chi connectivity index (χ2n) is 8.95. The van der Waals surface area contributed by atoms with Crippen molar-refractivity contribution in [3.8, 4) is 5.75 Å². The molecule has 1 aliphatic carbocycles. The first-order chi connectivity index (χ1) is 16.8. The van der Waals surface area contributed by atoms with Crippen molar-refractivity contribution in [2.24, 2.45) is 0 Å². The lowest BCUT2D eigenvalue weighted by Gasteiger charge is -2.38. The maximum Gasteiger partial charge on any atom is 0.416 e. The number of halogens is 3. The van der Waals surface area contributed by atoms with E-state index >= 15 is 0 Å². The van der Waals surface area contributed by atoms with Crippen LogP contribution in [0.5, 0.6) is 5.75 Å². The maximum absolute atomic E-state index is 13.4. The first kappa shape index (κ1) is 25.7. The van der Waals surface area contributed by atoms with Gasteiger partial charge in [-0.25, -0.2) is 8.51 Å². The van der Waals surface area contributed by atoms with Gasteiger partial charge in [-0.2, -0.15) is 13.2 Å². The number of ether oxygens (including phenoxy) is 1. The number of nitrogens with one attached hydrogen (secondary N) is 1. The Balaban J connectivity index is 1.37. The van der Waals surface area contributed by atoms with Gasteiger partial charge in [-0.15, -0.1) is 0 Å². The number of carbonyl (C=O) groups is 1. The molecule has 2 atom stereocenters. The van der Waals surface area contributed by atoms with Gasteiger partial charge in [0.25, 0.3) is 0 Å². The molecule has 0 bridgehead atoms. The van der Waals surface area contributed by atoms with E-state index in [1.807, 2.05) is 28.6 Å². The van der Waals surface area contributed by atoms with E-state index in [0.717, 1.165) is 49.1 Å². The predicted octanol–water partition coefficient (Wildman–Crippen LogP) is 3.98. The van der Waals surface area contributed by atoms with E-state index < -0.39 is 22.7 Å². The molecule has 0 spiro atoms. The van der Waals surface area contributed by atoms with Crippen molar-refractivity contribution < 1.29 is 26.9 Å². The summed E-state index contributed by atoms with van der Waals surface area (Å²) in [6.45, 7) is 1.76. The first-order valence-corrected chi connectivity index (χ1v) is 12.9. The molecule has 1 aliphatic heterocycles. The lowest BCUT2D eigenvalue weighted by atomic mass is 10.1. The molecule has 2 aromatic rings. The molecule has 1 saturated carbocycles. The van der Waals surface area contributed by atoms with Crippen molar-refractivity contribution in [1.29, 1.82) is 0 Å². The third-order valence-electron chi connectivity index (χ3n) is 6.33. The van der Waals surface area contributed by atoms with Crippen molar-refractivity contribution in [3.63, 3.8) is 0 Å². The number of piperidine rings is 1. The Labute approximate surface area is 206 Å². The summed E-state index contributed by atoms with van der Waals surface area (Å²) in [6, 6.07) is 12.3. The zero-order chi connectivity index (χ0) is 25.0. The van der Waals surface area contributed by atoms with Gasteiger partial charge in [-0.1, -0.05) is 18.2 Å². The number of likely N-dealkylation sites (tertiary alicyclic amines) is 1. The Morgan fingerprint density at radius 1 is 1.14 bits per heavy atom. The van der Waals surface area contributed by atoms with Gasteiger partial charge < -0.3 is 15.0 Å². The van der Waals surface area contributed by atoms with Crippen LogP contribution in [0, 0.1) is 0 Å². The van der Waals surface area contributed by atoms with E-state index in [9.17, 15) is 22.2 Å². The molecule has 2 unspecified atom stereocenters. The number of hydrogen-bond acceptors (Lipinski definition) is 4. The summed E-state index contributed by atoms with van der Waals surface area (Å²) in [5.74, 6) is 0.732. The molecule has 2 fully saturated rings. The zero-order valence-corrected chi connectivity index (χ0v) is 20.4. The van der Waals surface area contributed by atoms with Crippen LogP contribution in [0.3, 0.4) is 0 Å². The van der Waals surface area contributed by atoms with Crippen LogP contribution < -0.4 is 10.1 Å². The normalized spacial score (nSPS) is 19.6. The number of carbonyl (C=O) groups excluding carboxylic acids is 1. The summed E-state index contributed by atoms with van der Waals surface area (Å²) in [5, 5.41) is 3.17. The van der Waals surface area contributed by atoms with E-state index in [-0.39, 0.29) is 29.4 Å². The second-order valence-corrected chi connectivity index (χ2v) is 10.3. The number of hydrogen-bond donors (Lipinski definition) is 1. The molecular formula is C25H30F3N3O3S. The highest BCUT2D eigenvalue weighted by Gasteiger charge is 2.41. The Hall–Kier alpha value is -2.43. The van der Waals surface area contributed by atoms with Gasteiger partial charge in [-0.3, -0.25) is 4.79 Å². The topological polar surface area (TPSA) is 61.9 Å². The third-order valence-corrected chi connectivity index (χ3v) is 7.97. The van der Waals surface area contributed by atoms with E-state index in [4.69, 9.17) is 4.74 Å². The molecule has 1 N–H and O–H groups in total. The van der Waals surface area contributed by atoms with E-state index in [1.54, 1.807) is 12.0 Å². The number of benzene rings is 2. The van der Waals surface area contributed by atoms with Crippen LogP contribution in [-0.4, -0.2) is 58.1 Å². The van der Waals surface area contributed by atoms with Crippen molar-refractivity contribution in [1.82, 2.24) is 14.5 Å². The van der Waals surface area contributed by atoms with Crippen molar-refractivity contribution in [2.75, 3.05) is 26.7 Å². The number of rotatable bonds is 9. The van der Waals surface area contributed by atoms with Crippen LogP contribution in [0.25, 0.3) is 0 Å². The lowest BCUT2D eigenvalue weighted by Crippen LogP contribution is -2.52. The lowest BCUT2D eigenvalue weighted by molar-refractivity contribution is -0.137. The number of alkyl halides is 3. The Kier molecular flexibility index (Phi) is 8.13. The van der Waals surface area contributed by atoms with E-state index in [0.29, 0.717) is 19.6 Å². The molecule has 0 radical (unpaired) electrons. The largest absolute Gasteiger partial charge is 0.497 e. The summed E-state index contributed by atoms with van der Waals surface area (Å²) in [5.41, 5.74) is 0.231. The van der Waals surface area contributed by atoms with E-state index in [2.05, 4.69) is 5.32 Å². The predicted molar refractivity (Wildman–Crippen MR) is 127 cm³/mol. The van der Waals surface area contributed by atoms with Gasteiger partial charge in [0, 0.05) is 31.7 Å². The van der Waals surface area contributed by atoms with Crippen molar-refractivity contribution >= 4 is 16.9 Å². The first-order valence-electron chi connectivity index (χ1n) is 11.7. The zero-order valence-electron chi connectivity index (χ0n) is 19.6. The van der Waals surface area contributed by atoms with Crippen LogP contribution in [0.2, 0.25) is 0 Å². The fraction of sp³-hybridized carbons (Fsp3) is 0.480. The van der Waals surface area contributed by atoms with Crippen molar-refractivity contribution in [3.05, 3.63) is 59.7 Å². The average Bonchev–Trinajstić information content (AvgIpc) is 3.69. The molecule has 2 aliphatic rings. The van der Waals surface area contributed by atoms with Crippen molar-refractivity contribution in [2.45, 2.75) is 55.4 Å². The summed E-state index contributed by atoms with van der Waals surface area (Å²) in [7, 11) is -0.115. The summed E-state index contributed by atoms with van der Waals surface area (Å²) >= 11 is 0. The van der Waals surface area contributed by atoms with E-state index in [1.165, 1.54) is 12.1 Å². The van der Waals surface area contributed by atoms with Gasteiger partial charge in [0.05, 0.1) is 24.1 Å². The molecule has 1 amide bonds. The molecule has 35 heavy (non-hydrogen) atoms.